The van der Waals surface area contributed by atoms with Gasteiger partial charge in [0.1, 0.15) is 0 Å². The standard InChI is InChI=1S/C20H21NO2/c1-23-20(22)19(17-11-6-3-7-12-17)18-13-8-14-21(18)15-16-9-4-2-5-10-16/h2-7,9-12H,8,13-15H2,1H3/b19-18+. The van der Waals surface area contributed by atoms with E-state index in [-0.39, 0.29) is 5.97 Å². The minimum Gasteiger partial charge on any atom is -0.465 e. The van der Waals surface area contributed by atoms with Gasteiger partial charge in [-0.3, -0.25) is 0 Å². The number of hydrogen-bond donors (Lipinski definition) is 0. The van der Waals surface area contributed by atoms with Crippen molar-refractivity contribution >= 4 is 11.5 Å². The van der Waals surface area contributed by atoms with E-state index in [4.69, 9.17) is 4.74 Å². The van der Waals surface area contributed by atoms with E-state index in [0.29, 0.717) is 5.57 Å². The Morgan fingerprint density at radius 1 is 1.04 bits per heavy atom. The van der Waals surface area contributed by atoms with Crippen molar-refractivity contribution in [2.24, 2.45) is 0 Å². The lowest BCUT2D eigenvalue weighted by Crippen LogP contribution is -2.20. The Morgan fingerprint density at radius 2 is 1.70 bits per heavy atom. The highest BCUT2D eigenvalue weighted by Crippen LogP contribution is 2.31. The molecule has 0 radical (unpaired) electrons. The minimum atomic E-state index is -0.258. The number of allylic oxidation sites excluding steroid dienone is 1. The third-order valence-electron chi connectivity index (χ3n) is 4.18. The Labute approximate surface area is 137 Å². The molecule has 0 aromatic heterocycles. The highest BCUT2D eigenvalue weighted by atomic mass is 16.5. The zero-order chi connectivity index (χ0) is 16.1. The van der Waals surface area contributed by atoms with Gasteiger partial charge in [-0.15, -0.1) is 0 Å². The lowest BCUT2D eigenvalue weighted by atomic mass is 10.0. The summed E-state index contributed by atoms with van der Waals surface area (Å²) in [7, 11) is 1.45. The molecule has 0 saturated carbocycles. The Hall–Kier alpha value is -2.55. The van der Waals surface area contributed by atoms with E-state index in [2.05, 4.69) is 17.0 Å². The lowest BCUT2D eigenvalue weighted by Gasteiger charge is -2.23. The van der Waals surface area contributed by atoms with Gasteiger partial charge < -0.3 is 9.64 Å². The molecule has 1 aliphatic heterocycles. The molecule has 1 aliphatic rings. The van der Waals surface area contributed by atoms with Gasteiger partial charge in [0.15, 0.2) is 0 Å². The van der Waals surface area contributed by atoms with E-state index in [9.17, 15) is 4.79 Å². The molecular formula is C20H21NO2. The van der Waals surface area contributed by atoms with Crippen LogP contribution in [0.25, 0.3) is 5.57 Å². The van der Waals surface area contributed by atoms with Crippen molar-refractivity contribution in [2.45, 2.75) is 19.4 Å². The van der Waals surface area contributed by atoms with Crippen LogP contribution in [0.2, 0.25) is 0 Å². The van der Waals surface area contributed by atoms with Crippen LogP contribution >= 0.6 is 0 Å². The van der Waals surface area contributed by atoms with E-state index >= 15 is 0 Å². The molecule has 1 saturated heterocycles. The number of benzene rings is 2. The van der Waals surface area contributed by atoms with Crippen molar-refractivity contribution in [2.75, 3.05) is 13.7 Å². The zero-order valence-electron chi connectivity index (χ0n) is 13.4. The fourth-order valence-electron chi connectivity index (χ4n) is 3.10. The van der Waals surface area contributed by atoms with Gasteiger partial charge in [0.25, 0.3) is 0 Å². The summed E-state index contributed by atoms with van der Waals surface area (Å²) in [5, 5.41) is 0. The molecule has 2 aromatic rings. The fraction of sp³-hybridized carbons (Fsp3) is 0.250. The van der Waals surface area contributed by atoms with E-state index < -0.39 is 0 Å². The summed E-state index contributed by atoms with van der Waals surface area (Å²) in [6.07, 6.45) is 1.97. The molecule has 0 amide bonds. The summed E-state index contributed by atoms with van der Waals surface area (Å²) in [5.74, 6) is -0.258. The summed E-state index contributed by atoms with van der Waals surface area (Å²) in [6.45, 7) is 1.79. The van der Waals surface area contributed by atoms with E-state index in [0.717, 1.165) is 37.2 Å². The number of carbonyl (C=O) groups is 1. The van der Waals surface area contributed by atoms with Gasteiger partial charge in [0, 0.05) is 18.8 Å². The first-order valence-electron chi connectivity index (χ1n) is 7.95. The summed E-state index contributed by atoms with van der Waals surface area (Å²) < 4.78 is 5.05. The van der Waals surface area contributed by atoms with E-state index in [1.165, 1.54) is 12.7 Å². The molecule has 0 unspecified atom stereocenters. The molecule has 1 fully saturated rings. The first kappa shape index (κ1) is 15.3. The number of carbonyl (C=O) groups excluding carboxylic acids is 1. The SMILES string of the molecule is COC(=O)/C(=C1\CCCN1Cc1ccccc1)c1ccccc1. The maximum atomic E-state index is 12.4. The summed E-state index contributed by atoms with van der Waals surface area (Å²) >= 11 is 0. The van der Waals surface area contributed by atoms with Crippen molar-refractivity contribution in [1.82, 2.24) is 4.90 Å². The van der Waals surface area contributed by atoms with Gasteiger partial charge in [-0.25, -0.2) is 4.79 Å². The average molecular weight is 307 g/mol. The second-order valence-corrected chi connectivity index (χ2v) is 5.69. The van der Waals surface area contributed by atoms with Crippen LogP contribution in [0.5, 0.6) is 0 Å². The molecule has 0 bridgehead atoms. The van der Waals surface area contributed by atoms with Gasteiger partial charge >= 0.3 is 5.97 Å². The van der Waals surface area contributed by atoms with Crippen LogP contribution in [0.1, 0.15) is 24.0 Å². The Morgan fingerprint density at radius 3 is 2.35 bits per heavy atom. The smallest absolute Gasteiger partial charge is 0.340 e. The van der Waals surface area contributed by atoms with Gasteiger partial charge in [-0.1, -0.05) is 60.7 Å². The molecule has 3 nitrogen and oxygen atoms in total. The third kappa shape index (κ3) is 3.45. The number of ether oxygens (including phenoxy) is 1. The molecule has 3 rings (SSSR count). The number of rotatable bonds is 4. The summed E-state index contributed by atoms with van der Waals surface area (Å²) in [5.41, 5.74) is 3.96. The van der Waals surface area contributed by atoms with Crippen molar-refractivity contribution in [3.8, 4) is 0 Å². The maximum absolute atomic E-state index is 12.4. The van der Waals surface area contributed by atoms with Crippen molar-refractivity contribution in [1.29, 1.82) is 0 Å². The van der Waals surface area contributed by atoms with Gasteiger partial charge in [0.2, 0.25) is 0 Å². The molecule has 0 aliphatic carbocycles. The van der Waals surface area contributed by atoms with Crippen LogP contribution in [0.3, 0.4) is 0 Å². The zero-order valence-corrected chi connectivity index (χ0v) is 13.4. The monoisotopic (exact) mass is 307 g/mol. The molecule has 0 spiro atoms. The molecule has 1 heterocycles. The maximum Gasteiger partial charge on any atom is 0.340 e. The Bertz CT molecular complexity index is 692. The van der Waals surface area contributed by atoms with Crippen molar-refractivity contribution < 1.29 is 9.53 Å². The number of likely N-dealkylation sites (tertiary alicyclic amines) is 1. The largest absolute Gasteiger partial charge is 0.465 e. The Kier molecular flexibility index (Phi) is 4.77. The molecule has 0 N–H and O–H groups in total. The van der Waals surface area contributed by atoms with Gasteiger partial charge in [0.05, 0.1) is 12.7 Å². The predicted molar refractivity (Wildman–Crippen MR) is 91.5 cm³/mol. The topological polar surface area (TPSA) is 29.5 Å². The number of methoxy groups -OCH3 is 1. The second kappa shape index (κ2) is 7.14. The first-order chi connectivity index (χ1) is 11.3. The van der Waals surface area contributed by atoms with Crippen LogP contribution in [0.4, 0.5) is 0 Å². The number of hydrogen-bond acceptors (Lipinski definition) is 3. The van der Waals surface area contributed by atoms with Crippen LogP contribution in [-0.2, 0) is 16.1 Å². The van der Waals surface area contributed by atoms with Crippen LogP contribution in [-0.4, -0.2) is 24.5 Å². The van der Waals surface area contributed by atoms with Crippen LogP contribution in [0, 0.1) is 0 Å². The highest BCUT2D eigenvalue weighted by molar-refractivity contribution is 6.17. The Balaban J connectivity index is 1.98. The molecule has 2 aromatic carbocycles. The quantitative estimate of drug-likeness (QED) is 0.634. The first-order valence-corrected chi connectivity index (χ1v) is 7.95. The van der Waals surface area contributed by atoms with Crippen LogP contribution in [0.15, 0.2) is 66.4 Å². The minimum absolute atomic E-state index is 0.258. The summed E-state index contributed by atoms with van der Waals surface area (Å²) in [6, 6.07) is 20.2. The number of nitrogens with zero attached hydrogens (tertiary/aromatic N) is 1. The summed E-state index contributed by atoms with van der Waals surface area (Å²) in [4.78, 5) is 14.7. The average Bonchev–Trinajstić information content (AvgIpc) is 3.04. The van der Waals surface area contributed by atoms with Crippen molar-refractivity contribution in [3.05, 3.63) is 77.5 Å². The predicted octanol–water partition coefficient (Wildman–Crippen LogP) is 3.87. The van der Waals surface area contributed by atoms with Gasteiger partial charge in [-0.2, -0.15) is 0 Å². The second-order valence-electron chi connectivity index (χ2n) is 5.69. The third-order valence-corrected chi connectivity index (χ3v) is 4.18. The molecule has 118 valence electrons. The molecular weight excluding hydrogens is 286 g/mol. The molecule has 3 heteroatoms. The van der Waals surface area contributed by atoms with E-state index in [1.54, 1.807) is 0 Å². The molecule has 0 atom stereocenters. The number of esters is 1. The van der Waals surface area contributed by atoms with Gasteiger partial charge in [-0.05, 0) is 24.0 Å². The normalized spacial score (nSPS) is 16.3. The van der Waals surface area contributed by atoms with E-state index in [1.807, 2.05) is 48.5 Å². The lowest BCUT2D eigenvalue weighted by molar-refractivity contribution is -0.133. The highest BCUT2D eigenvalue weighted by Gasteiger charge is 2.26. The van der Waals surface area contributed by atoms with Crippen molar-refractivity contribution in [3.63, 3.8) is 0 Å². The molecule has 23 heavy (non-hydrogen) atoms. The van der Waals surface area contributed by atoms with Crippen LogP contribution < -0.4 is 0 Å². The fourth-order valence-corrected chi connectivity index (χ4v) is 3.10.